The van der Waals surface area contributed by atoms with Crippen LogP contribution in [0.3, 0.4) is 0 Å². The maximum absolute atomic E-state index is 12.5. The van der Waals surface area contributed by atoms with Crippen molar-refractivity contribution in [2.45, 2.75) is 12.1 Å². The van der Waals surface area contributed by atoms with E-state index >= 15 is 0 Å². The molecule has 1 saturated heterocycles. The molecule has 4 aromatic rings. The van der Waals surface area contributed by atoms with Gasteiger partial charge in [-0.25, -0.2) is 0 Å². The number of carboxylic acids is 1. The first-order valence-corrected chi connectivity index (χ1v) is 11.6. The lowest BCUT2D eigenvalue weighted by atomic mass is 9.96. The van der Waals surface area contributed by atoms with Gasteiger partial charge in [-0.05, 0) is 29.3 Å². The summed E-state index contributed by atoms with van der Waals surface area (Å²) < 4.78 is 5.38. The largest absolute Gasteiger partial charge is 0.497 e. The van der Waals surface area contributed by atoms with E-state index in [1.807, 2.05) is 36.5 Å². The van der Waals surface area contributed by atoms with Crippen molar-refractivity contribution in [3.63, 3.8) is 0 Å². The first-order valence-electron chi connectivity index (χ1n) is 11.6. The molecule has 1 aliphatic heterocycles. The first-order chi connectivity index (χ1) is 16.7. The minimum absolute atomic E-state index is 0.144. The van der Waals surface area contributed by atoms with Crippen LogP contribution in [0.1, 0.15) is 28.8 Å². The molecule has 0 radical (unpaired) electrons. The summed E-state index contributed by atoms with van der Waals surface area (Å²) in [5, 5.41) is 11.1. The van der Waals surface area contributed by atoms with Crippen molar-refractivity contribution in [1.82, 2.24) is 14.8 Å². The fourth-order valence-corrected chi connectivity index (χ4v) is 5.10. The molecule has 6 nitrogen and oxygen atoms in total. The molecule has 2 N–H and O–H groups in total. The van der Waals surface area contributed by atoms with Crippen molar-refractivity contribution in [3.8, 4) is 5.75 Å². The zero-order valence-corrected chi connectivity index (χ0v) is 19.2. The number of carbonyl (C=O) groups is 1. The van der Waals surface area contributed by atoms with Gasteiger partial charge in [-0.1, -0.05) is 60.7 Å². The fourth-order valence-electron chi connectivity index (χ4n) is 5.10. The Morgan fingerprint density at radius 3 is 2.03 bits per heavy atom. The van der Waals surface area contributed by atoms with Crippen LogP contribution < -0.4 is 4.74 Å². The summed E-state index contributed by atoms with van der Waals surface area (Å²) in [6.45, 7) is 2.90. The molecule has 0 aliphatic carbocycles. The number of ether oxygens (including phenoxy) is 1. The Hall–Kier alpha value is -3.61. The predicted octanol–water partition coefficient (Wildman–Crippen LogP) is 4.71. The van der Waals surface area contributed by atoms with Crippen LogP contribution >= 0.6 is 0 Å². The van der Waals surface area contributed by atoms with Crippen molar-refractivity contribution in [2.24, 2.45) is 0 Å². The Bertz CT molecular complexity index is 1210. The van der Waals surface area contributed by atoms with Crippen LogP contribution in [0.4, 0.5) is 0 Å². The molecule has 0 bridgehead atoms. The lowest BCUT2D eigenvalue weighted by Crippen LogP contribution is -2.50. The van der Waals surface area contributed by atoms with Gasteiger partial charge in [-0.15, -0.1) is 0 Å². The third kappa shape index (κ3) is 4.30. The maximum atomic E-state index is 12.5. The number of benzene rings is 3. The molecule has 174 valence electrons. The number of carboxylic acid groups (broad SMARTS) is 1. The van der Waals surface area contributed by atoms with E-state index in [4.69, 9.17) is 4.74 Å². The number of aliphatic carboxylic acids is 1. The van der Waals surface area contributed by atoms with Gasteiger partial charge in [0.1, 0.15) is 11.8 Å². The summed E-state index contributed by atoms with van der Waals surface area (Å²) in [7, 11) is 1.62. The highest BCUT2D eigenvalue weighted by Gasteiger charge is 2.34. The number of nitrogens with one attached hydrogen (secondary N) is 1. The molecule has 1 aromatic heterocycles. The number of aromatic nitrogens is 1. The van der Waals surface area contributed by atoms with Crippen LogP contribution in [0.15, 0.2) is 85.1 Å². The van der Waals surface area contributed by atoms with Crippen LogP contribution in [0, 0.1) is 0 Å². The van der Waals surface area contributed by atoms with Crippen LogP contribution in [-0.4, -0.2) is 59.1 Å². The fraction of sp³-hybridized carbons (Fsp3) is 0.250. The van der Waals surface area contributed by atoms with Gasteiger partial charge < -0.3 is 14.8 Å². The molecule has 1 fully saturated rings. The van der Waals surface area contributed by atoms with E-state index in [-0.39, 0.29) is 6.04 Å². The lowest BCUT2D eigenvalue weighted by Gasteiger charge is -2.41. The zero-order valence-electron chi connectivity index (χ0n) is 19.2. The summed E-state index contributed by atoms with van der Waals surface area (Å²) in [5.41, 5.74) is 4.19. The van der Waals surface area contributed by atoms with Crippen molar-refractivity contribution >= 4 is 16.9 Å². The summed E-state index contributed by atoms with van der Waals surface area (Å²) >= 11 is 0. The van der Waals surface area contributed by atoms with E-state index in [0.717, 1.165) is 35.3 Å². The van der Waals surface area contributed by atoms with Gasteiger partial charge in [0.2, 0.25) is 0 Å². The predicted molar refractivity (Wildman–Crippen MR) is 133 cm³/mol. The van der Waals surface area contributed by atoms with Crippen LogP contribution in [0.25, 0.3) is 10.9 Å². The molecule has 0 unspecified atom stereocenters. The Balaban J connectivity index is 1.40. The number of aromatic amines is 1. The average Bonchev–Trinajstić information content (AvgIpc) is 3.29. The Labute approximate surface area is 199 Å². The molecular weight excluding hydrogens is 426 g/mol. The molecule has 34 heavy (non-hydrogen) atoms. The smallest absolute Gasteiger partial charge is 0.325 e. The molecule has 3 aromatic carbocycles. The average molecular weight is 456 g/mol. The van der Waals surface area contributed by atoms with Crippen molar-refractivity contribution in [3.05, 3.63) is 102 Å². The number of nitrogens with zero attached hydrogens (tertiary/aromatic N) is 2. The molecule has 1 atom stereocenters. The first kappa shape index (κ1) is 22.2. The molecule has 1 aliphatic rings. The second kappa shape index (κ2) is 9.71. The molecule has 2 heterocycles. The van der Waals surface area contributed by atoms with Gasteiger partial charge in [-0.3, -0.25) is 14.6 Å². The highest BCUT2D eigenvalue weighted by atomic mass is 16.5. The summed E-state index contributed by atoms with van der Waals surface area (Å²) in [4.78, 5) is 20.2. The Morgan fingerprint density at radius 2 is 1.47 bits per heavy atom. The van der Waals surface area contributed by atoms with Crippen molar-refractivity contribution in [1.29, 1.82) is 0 Å². The quantitative estimate of drug-likeness (QED) is 0.422. The molecule has 0 amide bonds. The van der Waals surface area contributed by atoms with Crippen LogP contribution in [0.2, 0.25) is 0 Å². The van der Waals surface area contributed by atoms with Crippen LogP contribution in [-0.2, 0) is 4.79 Å². The topological polar surface area (TPSA) is 68.8 Å². The number of hydrogen-bond acceptors (Lipinski definition) is 4. The second-order valence-electron chi connectivity index (χ2n) is 8.69. The Morgan fingerprint density at radius 1 is 0.882 bits per heavy atom. The standard InChI is InChI=1S/C28H29N3O3/c1-34-22-12-13-25-23(18-22)24(19-29-25)27(28(32)33)31-16-14-30(15-17-31)26(20-8-4-2-5-9-20)21-10-6-3-7-11-21/h2-13,18-19,26-27,29H,14-17H2,1H3,(H,32,33)/t27-/m1/s1. The molecular formula is C28H29N3O3. The normalized spacial score (nSPS) is 16.1. The van der Waals surface area contributed by atoms with E-state index < -0.39 is 12.0 Å². The summed E-state index contributed by atoms with van der Waals surface area (Å²) in [5.74, 6) is -0.115. The minimum atomic E-state index is -0.833. The molecule has 5 rings (SSSR count). The number of hydrogen-bond donors (Lipinski definition) is 2. The zero-order chi connectivity index (χ0) is 23.5. The van der Waals surface area contributed by atoms with E-state index in [1.54, 1.807) is 7.11 Å². The highest BCUT2D eigenvalue weighted by Crippen LogP contribution is 2.34. The third-order valence-electron chi connectivity index (χ3n) is 6.76. The number of piperazine rings is 1. The Kier molecular flexibility index (Phi) is 6.34. The van der Waals surface area contributed by atoms with Gasteiger partial charge in [0.15, 0.2) is 0 Å². The lowest BCUT2D eigenvalue weighted by molar-refractivity contribution is -0.144. The van der Waals surface area contributed by atoms with Gasteiger partial charge in [-0.2, -0.15) is 0 Å². The second-order valence-corrected chi connectivity index (χ2v) is 8.69. The van der Waals surface area contributed by atoms with Crippen molar-refractivity contribution < 1.29 is 14.6 Å². The molecule has 0 saturated carbocycles. The van der Waals surface area contributed by atoms with E-state index in [9.17, 15) is 9.90 Å². The number of methoxy groups -OCH3 is 1. The van der Waals surface area contributed by atoms with Crippen LogP contribution in [0.5, 0.6) is 5.75 Å². The number of fused-ring (bicyclic) bond motifs is 1. The van der Waals surface area contributed by atoms with E-state index in [1.165, 1.54) is 11.1 Å². The van der Waals surface area contributed by atoms with Gasteiger partial charge >= 0.3 is 5.97 Å². The van der Waals surface area contributed by atoms with Gasteiger partial charge in [0, 0.05) is 48.8 Å². The maximum Gasteiger partial charge on any atom is 0.325 e. The third-order valence-corrected chi connectivity index (χ3v) is 6.76. The molecule has 6 heteroatoms. The summed E-state index contributed by atoms with van der Waals surface area (Å²) in [6, 6.07) is 26.2. The summed E-state index contributed by atoms with van der Waals surface area (Å²) in [6.07, 6.45) is 1.83. The van der Waals surface area contributed by atoms with Gasteiger partial charge in [0.25, 0.3) is 0 Å². The number of rotatable bonds is 7. The van der Waals surface area contributed by atoms with Gasteiger partial charge in [0.05, 0.1) is 13.2 Å². The van der Waals surface area contributed by atoms with E-state index in [0.29, 0.717) is 13.1 Å². The molecule has 0 spiro atoms. The number of H-pyrrole nitrogens is 1. The highest BCUT2D eigenvalue weighted by molar-refractivity contribution is 5.90. The SMILES string of the molecule is COc1ccc2[nH]cc([C@H](C(=O)O)N3CCN(C(c4ccccc4)c4ccccc4)CC3)c2c1. The van der Waals surface area contributed by atoms with Crippen molar-refractivity contribution in [2.75, 3.05) is 33.3 Å². The van der Waals surface area contributed by atoms with E-state index in [2.05, 4.69) is 63.3 Å². The minimum Gasteiger partial charge on any atom is -0.497 e. The monoisotopic (exact) mass is 455 g/mol.